The number of nitrogens with zero attached hydrogens (tertiary/aromatic N) is 3. The lowest BCUT2D eigenvalue weighted by Gasteiger charge is -2.12. The molecular formula is C16H11N3O3. The highest BCUT2D eigenvalue weighted by Crippen LogP contribution is 2.33. The van der Waals surface area contributed by atoms with Crippen LogP contribution < -0.4 is 4.74 Å². The lowest BCUT2D eigenvalue weighted by molar-refractivity contribution is 0.0601. The van der Waals surface area contributed by atoms with Crippen molar-refractivity contribution in [1.29, 1.82) is 10.5 Å². The van der Waals surface area contributed by atoms with Gasteiger partial charge in [-0.15, -0.1) is 0 Å². The normalized spacial score (nSPS) is 9.45. The number of hydrogen-bond donors (Lipinski definition) is 0. The molecule has 2 rings (SSSR count). The molecular weight excluding hydrogens is 282 g/mol. The van der Waals surface area contributed by atoms with Gasteiger partial charge in [0.05, 0.1) is 31.4 Å². The third-order valence-corrected chi connectivity index (χ3v) is 3.04. The Morgan fingerprint density at radius 3 is 2.50 bits per heavy atom. The monoisotopic (exact) mass is 293 g/mol. The summed E-state index contributed by atoms with van der Waals surface area (Å²) in [6, 6.07) is 10.2. The molecule has 1 aromatic heterocycles. The van der Waals surface area contributed by atoms with Crippen molar-refractivity contribution >= 4 is 5.97 Å². The summed E-state index contributed by atoms with van der Waals surface area (Å²) in [5.41, 5.74) is 1.68. The summed E-state index contributed by atoms with van der Waals surface area (Å²) >= 11 is 0. The third kappa shape index (κ3) is 2.72. The van der Waals surface area contributed by atoms with Crippen molar-refractivity contribution in [2.45, 2.75) is 0 Å². The Morgan fingerprint density at radius 1 is 1.14 bits per heavy atom. The summed E-state index contributed by atoms with van der Waals surface area (Å²) in [4.78, 5) is 15.8. The van der Waals surface area contributed by atoms with Crippen molar-refractivity contribution in [1.82, 2.24) is 4.98 Å². The second kappa shape index (κ2) is 6.38. The number of aromatic nitrogens is 1. The predicted molar refractivity (Wildman–Crippen MR) is 77.0 cm³/mol. The number of rotatable bonds is 3. The van der Waals surface area contributed by atoms with Gasteiger partial charge in [0.1, 0.15) is 17.5 Å². The summed E-state index contributed by atoms with van der Waals surface area (Å²) in [5, 5.41) is 18.1. The summed E-state index contributed by atoms with van der Waals surface area (Å²) < 4.78 is 10.0. The van der Waals surface area contributed by atoms with Crippen LogP contribution in [0.25, 0.3) is 11.1 Å². The Hall–Kier alpha value is -3.38. The van der Waals surface area contributed by atoms with Gasteiger partial charge < -0.3 is 9.47 Å². The third-order valence-electron chi connectivity index (χ3n) is 3.04. The van der Waals surface area contributed by atoms with E-state index in [1.165, 1.54) is 26.5 Å². The van der Waals surface area contributed by atoms with E-state index in [0.717, 1.165) is 0 Å². The average molecular weight is 293 g/mol. The molecule has 0 saturated carbocycles. The second-order valence-electron chi connectivity index (χ2n) is 4.25. The maximum Gasteiger partial charge on any atom is 0.340 e. The summed E-state index contributed by atoms with van der Waals surface area (Å²) in [5.74, 6) is -0.115. The van der Waals surface area contributed by atoms with Gasteiger partial charge in [-0.2, -0.15) is 10.5 Å². The molecule has 108 valence electrons. The molecule has 0 atom stereocenters. The minimum atomic E-state index is -0.587. The fourth-order valence-electron chi connectivity index (χ4n) is 2.00. The van der Waals surface area contributed by atoms with Gasteiger partial charge in [-0.25, -0.2) is 9.78 Å². The molecule has 0 aliphatic heterocycles. The number of pyridine rings is 1. The van der Waals surface area contributed by atoms with Crippen molar-refractivity contribution in [2.24, 2.45) is 0 Å². The number of esters is 1. The maximum absolute atomic E-state index is 11.9. The molecule has 0 saturated heterocycles. The van der Waals surface area contributed by atoms with Crippen molar-refractivity contribution in [2.75, 3.05) is 14.2 Å². The van der Waals surface area contributed by atoms with Gasteiger partial charge in [-0.1, -0.05) is 0 Å². The van der Waals surface area contributed by atoms with Gasteiger partial charge in [-0.05, 0) is 24.3 Å². The van der Waals surface area contributed by atoms with E-state index < -0.39 is 5.97 Å². The number of nitriles is 2. The lowest BCUT2D eigenvalue weighted by Crippen LogP contribution is -2.06. The van der Waals surface area contributed by atoms with E-state index in [1.54, 1.807) is 18.2 Å². The summed E-state index contributed by atoms with van der Waals surface area (Å²) in [6.07, 6.45) is 1.28. The van der Waals surface area contributed by atoms with E-state index in [9.17, 15) is 4.79 Å². The Morgan fingerprint density at radius 2 is 1.91 bits per heavy atom. The number of methoxy groups -OCH3 is 2. The van der Waals surface area contributed by atoms with Gasteiger partial charge in [0, 0.05) is 17.3 Å². The minimum absolute atomic E-state index is 0.145. The molecule has 1 heterocycles. The Balaban J connectivity index is 2.78. The van der Waals surface area contributed by atoms with Gasteiger partial charge in [0.15, 0.2) is 0 Å². The van der Waals surface area contributed by atoms with Gasteiger partial charge >= 0.3 is 5.97 Å². The van der Waals surface area contributed by atoms with Crippen molar-refractivity contribution in [3.05, 3.63) is 47.3 Å². The Kier molecular flexibility index (Phi) is 4.36. The van der Waals surface area contributed by atoms with Crippen LogP contribution in [0.5, 0.6) is 5.75 Å². The first-order valence-corrected chi connectivity index (χ1v) is 6.21. The molecule has 22 heavy (non-hydrogen) atoms. The predicted octanol–water partition coefficient (Wildman–Crippen LogP) is 2.29. The summed E-state index contributed by atoms with van der Waals surface area (Å²) in [7, 11) is 2.74. The molecule has 6 heteroatoms. The fourth-order valence-corrected chi connectivity index (χ4v) is 2.00. The lowest BCUT2D eigenvalue weighted by atomic mass is 9.98. The van der Waals surface area contributed by atoms with Gasteiger partial charge in [0.2, 0.25) is 0 Å². The Bertz CT molecular complexity index is 816. The molecule has 0 radical (unpaired) electrons. The minimum Gasteiger partial charge on any atom is -0.496 e. The van der Waals surface area contributed by atoms with E-state index in [4.69, 9.17) is 20.0 Å². The van der Waals surface area contributed by atoms with Gasteiger partial charge in [-0.3, -0.25) is 0 Å². The molecule has 6 nitrogen and oxygen atoms in total. The largest absolute Gasteiger partial charge is 0.496 e. The number of benzene rings is 1. The van der Waals surface area contributed by atoms with Crippen LogP contribution in [-0.2, 0) is 4.74 Å². The van der Waals surface area contributed by atoms with Crippen molar-refractivity contribution < 1.29 is 14.3 Å². The highest BCUT2D eigenvalue weighted by molar-refractivity contribution is 5.98. The molecule has 2 aromatic rings. The Labute approximate surface area is 127 Å². The van der Waals surface area contributed by atoms with Crippen LogP contribution in [0.4, 0.5) is 0 Å². The van der Waals surface area contributed by atoms with Crippen LogP contribution in [-0.4, -0.2) is 25.2 Å². The molecule has 0 fully saturated rings. The standard InChI is InChI=1S/C16H11N3O3/c1-21-15-4-3-10(7-17)5-13(15)12-6-11(8-18)19-9-14(12)16(20)22-2/h3-6,9H,1-2H3. The van der Waals surface area contributed by atoms with Crippen molar-refractivity contribution in [3.63, 3.8) is 0 Å². The van der Waals surface area contributed by atoms with E-state index in [2.05, 4.69) is 4.98 Å². The molecule has 1 aromatic carbocycles. The highest BCUT2D eigenvalue weighted by Gasteiger charge is 2.18. The average Bonchev–Trinajstić information content (AvgIpc) is 2.59. The van der Waals surface area contributed by atoms with E-state index in [0.29, 0.717) is 22.4 Å². The van der Waals surface area contributed by atoms with E-state index >= 15 is 0 Å². The molecule has 0 bridgehead atoms. The summed E-state index contributed by atoms with van der Waals surface area (Å²) in [6.45, 7) is 0. The number of carbonyl (C=O) groups excluding carboxylic acids is 1. The first-order chi connectivity index (χ1) is 10.6. The zero-order valence-corrected chi connectivity index (χ0v) is 12.0. The first-order valence-electron chi connectivity index (χ1n) is 6.21. The van der Waals surface area contributed by atoms with Crippen LogP contribution in [0.15, 0.2) is 30.5 Å². The second-order valence-corrected chi connectivity index (χ2v) is 4.25. The number of carbonyl (C=O) groups is 1. The van der Waals surface area contributed by atoms with Crippen LogP contribution in [0.1, 0.15) is 21.6 Å². The van der Waals surface area contributed by atoms with Crippen LogP contribution in [0.3, 0.4) is 0 Å². The van der Waals surface area contributed by atoms with Crippen molar-refractivity contribution in [3.8, 4) is 29.0 Å². The molecule has 0 unspecified atom stereocenters. The number of hydrogen-bond acceptors (Lipinski definition) is 6. The zero-order valence-electron chi connectivity index (χ0n) is 12.0. The quantitative estimate of drug-likeness (QED) is 0.805. The molecule has 0 amide bonds. The SMILES string of the molecule is COC(=O)c1cnc(C#N)cc1-c1cc(C#N)ccc1OC. The van der Waals surface area contributed by atoms with Crippen LogP contribution >= 0.6 is 0 Å². The van der Waals surface area contributed by atoms with Crippen LogP contribution in [0.2, 0.25) is 0 Å². The molecule has 0 N–H and O–H groups in total. The smallest absolute Gasteiger partial charge is 0.340 e. The molecule has 0 spiro atoms. The number of ether oxygens (including phenoxy) is 2. The van der Waals surface area contributed by atoms with Gasteiger partial charge in [0.25, 0.3) is 0 Å². The maximum atomic E-state index is 11.9. The molecule has 0 aliphatic rings. The van der Waals surface area contributed by atoms with E-state index in [1.807, 2.05) is 12.1 Å². The topological polar surface area (TPSA) is 96.0 Å². The zero-order chi connectivity index (χ0) is 16.1. The highest BCUT2D eigenvalue weighted by atomic mass is 16.5. The first kappa shape index (κ1) is 15.0. The molecule has 0 aliphatic carbocycles. The van der Waals surface area contributed by atoms with Crippen LogP contribution in [0, 0.1) is 22.7 Å². The van der Waals surface area contributed by atoms with E-state index in [-0.39, 0.29) is 11.3 Å². The fraction of sp³-hybridized carbons (Fsp3) is 0.125.